The first-order valence-electron chi connectivity index (χ1n) is 8.48. The fraction of sp³-hybridized carbons (Fsp3) is 0.500. The maximum Gasteiger partial charge on any atom is 0.249 e. The molecule has 6 heteroatoms. The highest BCUT2D eigenvalue weighted by Crippen LogP contribution is 2.33. The van der Waals surface area contributed by atoms with E-state index in [0.717, 1.165) is 38.2 Å². The molecule has 1 N–H and O–H groups in total. The van der Waals surface area contributed by atoms with Gasteiger partial charge in [0.25, 0.3) is 0 Å². The van der Waals surface area contributed by atoms with Gasteiger partial charge in [-0.2, -0.15) is 0 Å². The zero-order valence-corrected chi connectivity index (χ0v) is 14.3. The van der Waals surface area contributed by atoms with Crippen molar-refractivity contribution in [3.05, 3.63) is 46.5 Å². The summed E-state index contributed by atoms with van der Waals surface area (Å²) < 4.78 is 11.5. The number of carbonyl (C=O) groups excluding carboxylic acids is 1. The molecule has 0 aliphatic carbocycles. The molecule has 2 fully saturated rings. The fourth-order valence-corrected chi connectivity index (χ4v) is 4.28. The molecule has 128 valence electrons. The molecule has 2 aliphatic heterocycles. The van der Waals surface area contributed by atoms with Crippen LogP contribution in [-0.4, -0.2) is 36.1 Å². The van der Waals surface area contributed by atoms with Gasteiger partial charge in [-0.05, 0) is 48.9 Å². The number of amides is 1. The van der Waals surface area contributed by atoms with Gasteiger partial charge in [0, 0.05) is 11.4 Å². The van der Waals surface area contributed by atoms with Crippen molar-refractivity contribution in [1.29, 1.82) is 0 Å². The van der Waals surface area contributed by atoms with Crippen molar-refractivity contribution in [1.82, 2.24) is 10.2 Å². The first-order chi connectivity index (χ1) is 11.8. The second-order valence-corrected chi connectivity index (χ2v) is 7.59. The highest BCUT2D eigenvalue weighted by atomic mass is 32.1. The molecule has 0 unspecified atom stereocenters. The third-order valence-electron chi connectivity index (χ3n) is 4.90. The van der Waals surface area contributed by atoms with Crippen LogP contribution in [0.15, 0.2) is 40.3 Å². The summed E-state index contributed by atoms with van der Waals surface area (Å²) >= 11 is 1.66. The number of likely N-dealkylation sites (tertiary alicyclic amines) is 1. The molecule has 4 heterocycles. The summed E-state index contributed by atoms with van der Waals surface area (Å²) in [6.07, 6.45) is 3.49. The lowest BCUT2D eigenvalue weighted by atomic mass is 9.91. The van der Waals surface area contributed by atoms with Crippen LogP contribution in [0, 0.1) is 5.92 Å². The lowest BCUT2D eigenvalue weighted by Gasteiger charge is -2.33. The predicted molar refractivity (Wildman–Crippen MR) is 91.5 cm³/mol. The van der Waals surface area contributed by atoms with E-state index < -0.39 is 0 Å². The summed E-state index contributed by atoms with van der Waals surface area (Å²) in [5, 5.41) is 5.03. The van der Waals surface area contributed by atoms with Gasteiger partial charge in [0.2, 0.25) is 5.91 Å². The SMILES string of the molecule is O=C(NCc1cccs1)[C@@H]1C[C@H]2CCN(Cc3ccco3)C[C@@H]2O1. The number of ether oxygens (including phenoxy) is 1. The third kappa shape index (κ3) is 3.55. The maximum absolute atomic E-state index is 12.4. The molecule has 2 saturated heterocycles. The van der Waals surface area contributed by atoms with E-state index in [1.165, 1.54) is 4.88 Å². The van der Waals surface area contributed by atoms with Crippen LogP contribution in [0.1, 0.15) is 23.5 Å². The van der Waals surface area contributed by atoms with Crippen molar-refractivity contribution in [2.24, 2.45) is 5.92 Å². The van der Waals surface area contributed by atoms with E-state index in [-0.39, 0.29) is 18.1 Å². The Morgan fingerprint density at radius 3 is 3.12 bits per heavy atom. The summed E-state index contributed by atoms with van der Waals surface area (Å²) in [4.78, 5) is 15.9. The van der Waals surface area contributed by atoms with Crippen LogP contribution in [0.25, 0.3) is 0 Å². The Labute approximate surface area is 145 Å². The molecule has 0 spiro atoms. The maximum atomic E-state index is 12.4. The standard InChI is InChI=1S/C18H22N2O3S/c21-18(19-10-15-4-2-8-24-15)16-9-13-5-6-20(12-17(13)23-16)11-14-3-1-7-22-14/h1-4,7-8,13,16-17H,5-6,9-12H2,(H,19,21)/t13-,16+,17+/m1/s1. The van der Waals surface area contributed by atoms with Gasteiger partial charge in [-0.1, -0.05) is 6.07 Å². The molecule has 3 atom stereocenters. The van der Waals surface area contributed by atoms with Gasteiger partial charge in [0.1, 0.15) is 11.9 Å². The molecule has 0 saturated carbocycles. The zero-order valence-electron chi connectivity index (χ0n) is 13.5. The largest absolute Gasteiger partial charge is 0.468 e. The van der Waals surface area contributed by atoms with E-state index in [0.29, 0.717) is 12.5 Å². The average molecular weight is 346 g/mol. The van der Waals surface area contributed by atoms with Gasteiger partial charge < -0.3 is 14.5 Å². The van der Waals surface area contributed by atoms with Crippen LogP contribution < -0.4 is 5.32 Å². The third-order valence-corrected chi connectivity index (χ3v) is 5.78. The van der Waals surface area contributed by atoms with Crippen LogP contribution in [0.2, 0.25) is 0 Å². The highest BCUT2D eigenvalue weighted by molar-refractivity contribution is 7.09. The van der Waals surface area contributed by atoms with Crippen LogP contribution >= 0.6 is 11.3 Å². The average Bonchev–Trinajstić information content (AvgIpc) is 3.33. The normalized spacial score (nSPS) is 27.1. The second kappa shape index (κ2) is 7.09. The predicted octanol–water partition coefficient (Wildman–Crippen LogP) is 2.64. The number of rotatable bonds is 5. The van der Waals surface area contributed by atoms with Crippen LogP contribution in [0.4, 0.5) is 0 Å². The van der Waals surface area contributed by atoms with Crippen molar-refractivity contribution < 1.29 is 13.9 Å². The van der Waals surface area contributed by atoms with Gasteiger partial charge >= 0.3 is 0 Å². The fourth-order valence-electron chi connectivity index (χ4n) is 3.63. The van der Waals surface area contributed by atoms with Crippen LogP contribution in [0.5, 0.6) is 0 Å². The number of carbonyl (C=O) groups is 1. The number of nitrogens with one attached hydrogen (secondary N) is 1. The summed E-state index contributed by atoms with van der Waals surface area (Å²) in [5.41, 5.74) is 0. The lowest BCUT2D eigenvalue weighted by Crippen LogP contribution is -2.42. The Morgan fingerprint density at radius 1 is 1.38 bits per heavy atom. The molecule has 2 aromatic rings. The molecule has 1 amide bonds. The molecule has 5 nitrogen and oxygen atoms in total. The molecule has 0 radical (unpaired) electrons. The minimum atomic E-state index is -0.302. The van der Waals surface area contributed by atoms with Gasteiger partial charge in [-0.15, -0.1) is 11.3 Å². The monoisotopic (exact) mass is 346 g/mol. The number of fused-ring (bicyclic) bond motifs is 1. The topological polar surface area (TPSA) is 54.7 Å². The molecule has 0 bridgehead atoms. The van der Waals surface area contributed by atoms with E-state index in [1.54, 1.807) is 17.6 Å². The molecule has 2 aliphatic rings. The Morgan fingerprint density at radius 2 is 2.33 bits per heavy atom. The Kier molecular flexibility index (Phi) is 4.69. The lowest BCUT2D eigenvalue weighted by molar-refractivity contribution is -0.133. The molecular weight excluding hydrogens is 324 g/mol. The highest BCUT2D eigenvalue weighted by Gasteiger charge is 2.41. The first kappa shape index (κ1) is 15.9. The Balaban J connectivity index is 1.28. The number of thiophene rings is 1. The van der Waals surface area contributed by atoms with Crippen molar-refractivity contribution in [2.45, 2.75) is 38.1 Å². The summed E-state index contributed by atoms with van der Waals surface area (Å²) in [6, 6.07) is 7.96. The molecular formula is C18H22N2O3S. The van der Waals surface area contributed by atoms with Gasteiger partial charge in [0.15, 0.2) is 0 Å². The minimum Gasteiger partial charge on any atom is -0.468 e. The van der Waals surface area contributed by atoms with E-state index >= 15 is 0 Å². The van der Waals surface area contributed by atoms with E-state index in [2.05, 4.69) is 10.2 Å². The minimum absolute atomic E-state index is 0.0235. The number of nitrogens with zero attached hydrogens (tertiary/aromatic N) is 1. The van der Waals surface area contributed by atoms with Crippen LogP contribution in [0.3, 0.4) is 0 Å². The Hall–Kier alpha value is -1.63. The Bertz CT molecular complexity index is 656. The summed E-state index contributed by atoms with van der Waals surface area (Å²) in [5.74, 6) is 1.50. The molecule has 2 aromatic heterocycles. The van der Waals surface area contributed by atoms with Gasteiger partial charge in [-0.3, -0.25) is 9.69 Å². The van der Waals surface area contributed by atoms with E-state index in [1.807, 2.05) is 29.6 Å². The van der Waals surface area contributed by atoms with Crippen molar-refractivity contribution in [3.8, 4) is 0 Å². The number of hydrogen-bond donors (Lipinski definition) is 1. The number of furan rings is 1. The van der Waals surface area contributed by atoms with Gasteiger partial charge in [-0.25, -0.2) is 0 Å². The zero-order chi connectivity index (χ0) is 16.4. The smallest absolute Gasteiger partial charge is 0.249 e. The van der Waals surface area contributed by atoms with E-state index in [9.17, 15) is 4.79 Å². The second-order valence-electron chi connectivity index (χ2n) is 6.56. The van der Waals surface area contributed by atoms with Crippen molar-refractivity contribution in [2.75, 3.05) is 13.1 Å². The van der Waals surface area contributed by atoms with Crippen LogP contribution in [-0.2, 0) is 22.6 Å². The quantitative estimate of drug-likeness (QED) is 0.904. The van der Waals surface area contributed by atoms with Gasteiger partial charge in [0.05, 0.1) is 25.5 Å². The number of piperidine rings is 1. The first-order valence-corrected chi connectivity index (χ1v) is 9.36. The molecule has 4 rings (SSSR count). The number of hydrogen-bond acceptors (Lipinski definition) is 5. The van der Waals surface area contributed by atoms with Crippen molar-refractivity contribution in [3.63, 3.8) is 0 Å². The summed E-state index contributed by atoms with van der Waals surface area (Å²) in [6.45, 7) is 3.32. The molecule has 24 heavy (non-hydrogen) atoms. The van der Waals surface area contributed by atoms with E-state index in [4.69, 9.17) is 9.15 Å². The van der Waals surface area contributed by atoms with Crippen molar-refractivity contribution >= 4 is 17.2 Å². The summed E-state index contributed by atoms with van der Waals surface area (Å²) in [7, 11) is 0. The molecule has 0 aromatic carbocycles.